The van der Waals surface area contributed by atoms with Gasteiger partial charge in [-0.2, -0.15) is 0 Å². The molecular formula is C20H27N3O3S. The van der Waals surface area contributed by atoms with E-state index < -0.39 is 0 Å². The van der Waals surface area contributed by atoms with Crippen molar-refractivity contribution in [3.8, 4) is 0 Å². The van der Waals surface area contributed by atoms with Gasteiger partial charge in [0.1, 0.15) is 10.7 Å². The van der Waals surface area contributed by atoms with Crippen molar-refractivity contribution in [3.63, 3.8) is 0 Å². The zero-order chi connectivity index (χ0) is 19.0. The van der Waals surface area contributed by atoms with Gasteiger partial charge < -0.3 is 9.64 Å². The number of carbonyl (C=O) groups excluding carboxylic acids is 1. The topological polar surface area (TPSA) is 64.4 Å². The van der Waals surface area contributed by atoms with Gasteiger partial charge in [-0.15, -0.1) is 11.3 Å². The van der Waals surface area contributed by atoms with Crippen LogP contribution in [0.1, 0.15) is 60.1 Å². The van der Waals surface area contributed by atoms with Crippen molar-refractivity contribution in [2.75, 3.05) is 19.7 Å². The summed E-state index contributed by atoms with van der Waals surface area (Å²) in [7, 11) is 0. The van der Waals surface area contributed by atoms with Gasteiger partial charge in [-0.3, -0.25) is 14.2 Å². The number of nitrogens with zero attached hydrogens (tertiary/aromatic N) is 3. The van der Waals surface area contributed by atoms with Gasteiger partial charge in [0, 0.05) is 32.7 Å². The van der Waals surface area contributed by atoms with Gasteiger partial charge in [0.25, 0.3) is 11.5 Å². The van der Waals surface area contributed by atoms with Gasteiger partial charge in [-0.05, 0) is 45.1 Å². The molecule has 4 heterocycles. The third-order valence-corrected chi connectivity index (χ3v) is 6.90. The van der Waals surface area contributed by atoms with Gasteiger partial charge in [-0.25, -0.2) is 4.98 Å². The number of thiophene rings is 1. The monoisotopic (exact) mass is 389 g/mol. The van der Waals surface area contributed by atoms with Crippen molar-refractivity contribution < 1.29 is 9.53 Å². The lowest BCUT2D eigenvalue weighted by atomic mass is 10.1. The Kier molecular flexibility index (Phi) is 5.32. The molecule has 7 heteroatoms. The predicted octanol–water partition coefficient (Wildman–Crippen LogP) is 3.13. The molecule has 27 heavy (non-hydrogen) atoms. The summed E-state index contributed by atoms with van der Waals surface area (Å²) in [5.41, 5.74) is 0.801. The molecule has 0 bridgehead atoms. The number of fused-ring (bicyclic) bond motifs is 2. The Balaban J connectivity index is 1.71. The smallest absolute Gasteiger partial charge is 0.264 e. The van der Waals surface area contributed by atoms with E-state index in [9.17, 15) is 9.59 Å². The fourth-order valence-corrected chi connectivity index (χ4v) is 5.31. The number of rotatable bonds is 4. The first-order valence-corrected chi connectivity index (χ1v) is 10.9. The van der Waals surface area contributed by atoms with Crippen LogP contribution in [0.15, 0.2) is 4.79 Å². The summed E-state index contributed by atoms with van der Waals surface area (Å²) in [6.45, 7) is 6.64. The van der Waals surface area contributed by atoms with E-state index in [0.29, 0.717) is 28.2 Å². The molecule has 0 saturated carbocycles. The van der Waals surface area contributed by atoms with Gasteiger partial charge >= 0.3 is 0 Å². The Morgan fingerprint density at radius 2 is 2.19 bits per heavy atom. The average molecular weight is 390 g/mol. The summed E-state index contributed by atoms with van der Waals surface area (Å²) in [5.74, 6) is 0.866. The van der Waals surface area contributed by atoms with E-state index in [2.05, 4.69) is 0 Å². The molecule has 1 unspecified atom stereocenters. The third-order valence-electron chi connectivity index (χ3n) is 5.72. The van der Waals surface area contributed by atoms with Crippen molar-refractivity contribution in [1.82, 2.24) is 14.5 Å². The first-order valence-electron chi connectivity index (χ1n) is 10.0. The Labute approximate surface area is 163 Å². The van der Waals surface area contributed by atoms with Crippen LogP contribution in [0.2, 0.25) is 0 Å². The number of hydrogen-bond donors (Lipinski definition) is 0. The lowest BCUT2D eigenvalue weighted by molar-refractivity contribution is 0.0542. The van der Waals surface area contributed by atoms with E-state index in [-0.39, 0.29) is 17.6 Å². The minimum Gasteiger partial charge on any atom is -0.376 e. The Morgan fingerprint density at radius 1 is 1.33 bits per heavy atom. The Morgan fingerprint density at radius 3 is 2.93 bits per heavy atom. The summed E-state index contributed by atoms with van der Waals surface area (Å²) in [6.07, 6.45) is 6.25. The normalized spacial score (nSPS) is 19.9. The average Bonchev–Trinajstić information content (AvgIpc) is 3.21. The molecule has 2 aromatic heterocycles. The highest BCUT2D eigenvalue weighted by molar-refractivity contribution is 7.20. The molecule has 0 spiro atoms. The lowest BCUT2D eigenvalue weighted by Gasteiger charge is -2.23. The SMILES string of the molecule is CCN(CC1CCCO1)C(=O)c1sc2nc3n(c(=O)c2c1C)CCCCC3. The fraction of sp³-hybridized carbons (Fsp3) is 0.650. The molecule has 2 aliphatic rings. The molecule has 1 fully saturated rings. The molecule has 6 nitrogen and oxygen atoms in total. The summed E-state index contributed by atoms with van der Waals surface area (Å²) < 4.78 is 7.53. The number of hydrogen-bond acceptors (Lipinski definition) is 5. The fourth-order valence-electron chi connectivity index (χ4n) is 4.15. The summed E-state index contributed by atoms with van der Waals surface area (Å²) >= 11 is 1.37. The molecule has 0 aliphatic carbocycles. The molecule has 0 radical (unpaired) electrons. The van der Waals surface area contributed by atoms with Crippen LogP contribution < -0.4 is 5.56 Å². The number of carbonyl (C=O) groups is 1. The third kappa shape index (κ3) is 3.43. The van der Waals surface area contributed by atoms with E-state index >= 15 is 0 Å². The summed E-state index contributed by atoms with van der Waals surface area (Å²) in [4.78, 5) is 34.2. The minimum atomic E-state index is -0.00639. The minimum absolute atomic E-state index is 0.00639. The maximum atomic E-state index is 13.2. The number of ether oxygens (including phenoxy) is 1. The van der Waals surface area contributed by atoms with Gasteiger partial charge in [0.2, 0.25) is 0 Å². The van der Waals surface area contributed by atoms with E-state index in [1.54, 1.807) is 0 Å². The van der Waals surface area contributed by atoms with Crippen LogP contribution in [0, 0.1) is 6.92 Å². The first kappa shape index (κ1) is 18.6. The van der Waals surface area contributed by atoms with Crippen molar-refractivity contribution in [2.45, 2.75) is 65.0 Å². The predicted molar refractivity (Wildman–Crippen MR) is 107 cm³/mol. The number of likely N-dealkylation sites (N-methyl/N-ethyl adjacent to an activating group) is 1. The van der Waals surface area contributed by atoms with E-state index in [1.165, 1.54) is 11.3 Å². The van der Waals surface area contributed by atoms with Crippen LogP contribution in [0.25, 0.3) is 10.2 Å². The molecule has 1 saturated heterocycles. The molecule has 1 amide bonds. The van der Waals surface area contributed by atoms with Crippen molar-refractivity contribution >= 4 is 27.5 Å². The van der Waals surface area contributed by atoms with Gasteiger partial charge in [0.15, 0.2) is 0 Å². The number of aryl methyl sites for hydroxylation is 2. The van der Waals surface area contributed by atoms with E-state index in [0.717, 1.165) is 63.1 Å². The van der Waals surface area contributed by atoms with Gasteiger partial charge in [0.05, 0.1) is 16.4 Å². The molecule has 146 valence electrons. The zero-order valence-electron chi connectivity index (χ0n) is 16.1. The summed E-state index contributed by atoms with van der Waals surface area (Å²) in [5, 5.41) is 0.627. The molecule has 2 aromatic rings. The molecule has 0 N–H and O–H groups in total. The van der Waals surface area contributed by atoms with E-state index in [4.69, 9.17) is 9.72 Å². The highest BCUT2D eigenvalue weighted by atomic mass is 32.1. The van der Waals surface area contributed by atoms with Crippen LogP contribution in [0.4, 0.5) is 0 Å². The molecule has 1 atom stereocenters. The maximum Gasteiger partial charge on any atom is 0.264 e. The zero-order valence-corrected chi connectivity index (χ0v) is 16.9. The molecule has 0 aromatic carbocycles. The molecule has 4 rings (SSSR count). The lowest BCUT2D eigenvalue weighted by Crippen LogP contribution is -2.37. The Hall–Kier alpha value is -1.73. The number of aromatic nitrogens is 2. The van der Waals surface area contributed by atoms with Crippen LogP contribution in [0.3, 0.4) is 0 Å². The Bertz CT molecular complexity index is 911. The van der Waals surface area contributed by atoms with Crippen LogP contribution in [-0.2, 0) is 17.7 Å². The van der Waals surface area contributed by atoms with Crippen LogP contribution in [-0.4, -0.2) is 46.2 Å². The second-order valence-corrected chi connectivity index (χ2v) is 8.51. The second-order valence-electron chi connectivity index (χ2n) is 7.51. The van der Waals surface area contributed by atoms with E-state index in [1.807, 2.05) is 23.3 Å². The van der Waals surface area contributed by atoms with Crippen LogP contribution >= 0.6 is 11.3 Å². The van der Waals surface area contributed by atoms with Gasteiger partial charge in [-0.1, -0.05) is 6.42 Å². The molecule has 2 aliphatic heterocycles. The van der Waals surface area contributed by atoms with Crippen molar-refractivity contribution in [2.24, 2.45) is 0 Å². The second kappa shape index (κ2) is 7.72. The van der Waals surface area contributed by atoms with Crippen molar-refractivity contribution in [3.05, 3.63) is 26.6 Å². The summed E-state index contributed by atoms with van der Waals surface area (Å²) in [6, 6.07) is 0. The first-order chi connectivity index (χ1) is 13.1. The highest BCUT2D eigenvalue weighted by Gasteiger charge is 2.27. The van der Waals surface area contributed by atoms with Crippen LogP contribution in [0.5, 0.6) is 0 Å². The largest absolute Gasteiger partial charge is 0.376 e. The molecular weight excluding hydrogens is 362 g/mol. The number of amides is 1. The highest BCUT2D eigenvalue weighted by Crippen LogP contribution is 2.29. The maximum absolute atomic E-state index is 13.2. The van der Waals surface area contributed by atoms with Crippen molar-refractivity contribution in [1.29, 1.82) is 0 Å². The quantitative estimate of drug-likeness (QED) is 0.806. The standard InChI is InChI=1S/C20H27N3O3S/c1-3-22(12-14-8-7-11-26-14)20(25)17-13(2)16-18(27-17)21-15-9-5-4-6-10-23(15)19(16)24/h14H,3-12H2,1-2H3.